The Bertz CT molecular complexity index is 1500. The fraction of sp³-hybridized carbons (Fsp3) is 0.371. The first-order chi connectivity index (χ1) is 20.6. The number of ether oxygens (including phenoxy) is 3. The molecule has 1 unspecified atom stereocenters. The van der Waals surface area contributed by atoms with E-state index in [2.05, 4.69) is 30.6 Å². The molecule has 0 radical (unpaired) electrons. The first-order valence-electron chi connectivity index (χ1n) is 14.9. The molecule has 43 heavy (non-hydrogen) atoms. The number of fused-ring (bicyclic) bond motifs is 1. The highest BCUT2D eigenvalue weighted by Gasteiger charge is 2.27. The van der Waals surface area contributed by atoms with Gasteiger partial charge in [0.25, 0.3) is 0 Å². The van der Waals surface area contributed by atoms with Gasteiger partial charge < -0.3 is 29.3 Å². The SMILES string of the molecule is C=C/C(OC1Cc2cc(OC3CCN(C(C)C)CC3)c(Cl)cc2N1)=C(\C)N(C)c1cc(Oc2ccccc2F)ccc1C. The smallest absolute Gasteiger partial charge is 0.174 e. The summed E-state index contributed by atoms with van der Waals surface area (Å²) in [5.41, 5.74) is 4.86. The molecule has 0 spiro atoms. The molecule has 1 fully saturated rings. The van der Waals surface area contributed by atoms with Crippen LogP contribution in [0.3, 0.4) is 0 Å². The van der Waals surface area contributed by atoms with E-state index in [0.29, 0.717) is 29.0 Å². The second-order valence-electron chi connectivity index (χ2n) is 11.5. The third kappa shape index (κ3) is 7.11. The summed E-state index contributed by atoms with van der Waals surface area (Å²) < 4.78 is 32.8. The minimum atomic E-state index is -0.409. The van der Waals surface area contributed by atoms with Crippen LogP contribution in [0.25, 0.3) is 0 Å². The lowest BCUT2D eigenvalue weighted by Crippen LogP contribution is -2.41. The number of hydrogen-bond acceptors (Lipinski definition) is 6. The number of piperidine rings is 1. The van der Waals surface area contributed by atoms with E-state index in [1.54, 1.807) is 24.3 Å². The van der Waals surface area contributed by atoms with Crippen molar-refractivity contribution < 1.29 is 18.6 Å². The summed E-state index contributed by atoms with van der Waals surface area (Å²) in [5.74, 6) is 1.69. The third-order valence-corrected chi connectivity index (χ3v) is 8.60. The molecule has 0 saturated carbocycles. The van der Waals surface area contributed by atoms with Gasteiger partial charge in [0, 0.05) is 50.0 Å². The molecule has 6 nitrogen and oxygen atoms in total. The number of allylic oxidation sites excluding steroid dienone is 2. The maximum atomic E-state index is 14.2. The van der Waals surface area contributed by atoms with Gasteiger partial charge in [0.2, 0.25) is 0 Å². The summed E-state index contributed by atoms with van der Waals surface area (Å²) >= 11 is 6.65. The van der Waals surface area contributed by atoms with E-state index < -0.39 is 5.82 Å². The van der Waals surface area contributed by atoms with Crippen molar-refractivity contribution in [2.24, 2.45) is 0 Å². The van der Waals surface area contributed by atoms with E-state index in [9.17, 15) is 4.39 Å². The van der Waals surface area contributed by atoms with E-state index in [1.165, 1.54) is 6.07 Å². The highest BCUT2D eigenvalue weighted by atomic mass is 35.5. The molecule has 1 N–H and O–H groups in total. The molecular formula is C35H41ClFN3O3. The number of aryl methyl sites for hydroxylation is 1. The van der Waals surface area contributed by atoms with Gasteiger partial charge in [-0.2, -0.15) is 0 Å². The van der Waals surface area contributed by atoms with Gasteiger partial charge in [-0.15, -0.1) is 0 Å². The molecular weight excluding hydrogens is 565 g/mol. The summed E-state index contributed by atoms with van der Waals surface area (Å²) in [6.45, 7) is 14.6. The number of rotatable bonds is 10. The van der Waals surface area contributed by atoms with Crippen molar-refractivity contribution in [2.75, 3.05) is 30.4 Å². The second kappa shape index (κ2) is 13.3. The van der Waals surface area contributed by atoms with E-state index in [-0.39, 0.29) is 18.1 Å². The predicted octanol–water partition coefficient (Wildman–Crippen LogP) is 8.70. The van der Waals surface area contributed by atoms with Crippen LogP contribution in [0.5, 0.6) is 17.2 Å². The quantitative estimate of drug-likeness (QED) is 0.184. The molecule has 3 aromatic carbocycles. The van der Waals surface area contributed by atoms with E-state index in [1.807, 2.05) is 56.1 Å². The molecule has 0 aliphatic carbocycles. The third-order valence-electron chi connectivity index (χ3n) is 8.30. The zero-order valence-electron chi connectivity index (χ0n) is 25.6. The Morgan fingerprint density at radius 3 is 2.56 bits per heavy atom. The minimum absolute atomic E-state index is 0.166. The molecule has 0 amide bonds. The maximum absolute atomic E-state index is 14.2. The summed E-state index contributed by atoms with van der Waals surface area (Å²) in [7, 11) is 1.96. The highest BCUT2D eigenvalue weighted by Crippen LogP contribution is 2.38. The Kier molecular flexibility index (Phi) is 9.52. The highest BCUT2D eigenvalue weighted by molar-refractivity contribution is 6.32. The normalized spacial score (nSPS) is 17.6. The monoisotopic (exact) mass is 605 g/mol. The molecule has 2 aliphatic rings. The number of hydrogen-bond donors (Lipinski definition) is 1. The van der Waals surface area contributed by atoms with Gasteiger partial charge in [-0.05, 0) is 88.1 Å². The lowest BCUT2D eigenvalue weighted by atomic mass is 10.1. The van der Waals surface area contributed by atoms with Crippen molar-refractivity contribution in [3.8, 4) is 17.2 Å². The van der Waals surface area contributed by atoms with Crippen LogP contribution in [-0.4, -0.2) is 43.4 Å². The fourth-order valence-electron chi connectivity index (χ4n) is 5.62. The van der Waals surface area contributed by atoms with Crippen molar-refractivity contribution in [3.05, 3.63) is 101 Å². The second-order valence-corrected chi connectivity index (χ2v) is 11.9. The average Bonchev–Trinajstić information content (AvgIpc) is 3.38. The zero-order chi connectivity index (χ0) is 30.7. The molecule has 0 aromatic heterocycles. The molecule has 0 bridgehead atoms. The van der Waals surface area contributed by atoms with Crippen LogP contribution in [0.2, 0.25) is 5.02 Å². The summed E-state index contributed by atoms with van der Waals surface area (Å²) in [5, 5.41) is 4.05. The molecule has 2 aliphatic heterocycles. The van der Waals surface area contributed by atoms with Crippen molar-refractivity contribution >= 4 is 23.0 Å². The van der Waals surface area contributed by atoms with Crippen molar-refractivity contribution in [1.29, 1.82) is 0 Å². The number of nitrogens with one attached hydrogen (secondary N) is 1. The Hall–Kier alpha value is -3.68. The first kappa shape index (κ1) is 30.8. The van der Waals surface area contributed by atoms with Crippen LogP contribution in [0.15, 0.2) is 78.7 Å². The standard InChI is InChI=1S/C35H41ClFN3O3/c1-7-32(24(5)39(6)31-20-27(13-12-23(31)4)42-33-11-9-8-10-29(33)37)43-35-19-25-18-34(28(36)21-30(25)38-35)41-26-14-16-40(17-15-26)22(2)3/h7-13,18,20-22,26,35,38H,1,14-17,19H2,2-6H3/b32-24-. The number of nitrogens with zero attached hydrogens (tertiary/aromatic N) is 2. The molecule has 3 aromatic rings. The Labute approximate surface area is 259 Å². The maximum Gasteiger partial charge on any atom is 0.174 e. The molecule has 228 valence electrons. The van der Waals surface area contributed by atoms with Gasteiger partial charge in [-0.3, -0.25) is 0 Å². The molecule has 1 atom stereocenters. The molecule has 8 heteroatoms. The van der Waals surface area contributed by atoms with Gasteiger partial charge in [-0.25, -0.2) is 4.39 Å². The number of para-hydroxylation sites is 1. The van der Waals surface area contributed by atoms with Crippen LogP contribution in [0.1, 0.15) is 44.7 Å². The Morgan fingerprint density at radius 1 is 1.12 bits per heavy atom. The van der Waals surface area contributed by atoms with Gasteiger partial charge >= 0.3 is 0 Å². The van der Waals surface area contributed by atoms with Crippen molar-refractivity contribution in [2.45, 2.75) is 65.3 Å². The van der Waals surface area contributed by atoms with Crippen LogP contribution < -0.4 is 19.7 Å². The number of anilines is 2. The Morgan fingerprint density at radius 2 is 1.86 bits per heavy atom. The fourth-order valence-corrected chi connectivity index (χ4v) is 5.83. The lowest BCUT2D eigenvalue weighted by Gasteiger charge is -2.34. The van der Waals surface area contributed by atoms with E-state index in [0.717, 1.165) is 59.9 Å². The van der Waals surface area contributed by atoms with Crippen LogP contribution in [0, 0.1) is 12.7 Å². The van der Waals surface area contributed by atoms with Crippen LogP contribution in [0.4, 0.5) is 15.8 Å². The summed E-state index contributed by atoms with van der Waals surface area (Å²) in [6.07, 6.45) is 4.24. The van der Waals surface area contributed by atoms with Crippen LogP contribution in [-0.2, 0) is 11.2 Å². The lowest BCUT2D eigenvalue weighted by molar-refractivity contribution is 0.0843. The Balaban J connectivity index is 1.26. The number of halogens is 2. The largest absolute Gasteiger partial charge is 0.489 e. The molecule has 5 rings (SSSR count). The summed E-state index contributed by atoms with van der Waals surface area (Å²) in [6, 6.07) is 16.6. The average molecular weight is 606 g/mol. The van der Waals surface area contributed by atoms with Crippen molar-refractivity contribution in [1.82, 2.24) is 4.90 Å². The minimum Gasteiger partial charge on any atom is -0.489 e. The van der Waals surface area contributed by atoms with Gasteiger partial charge in [0.15, 0.2) is 17.8 Å². The van der Waals surface area contributed by atoms with Gasteiger partial charge in [-0.1, -0.05) is 36.4 Å². The number of likely N-dealkylation sites (tertiary alicyclic amines) is 1. The van der Waals surface area contributed by atoms with Gasteiger partial charge in [0.1, 0.15) is 23.4 Å². The van der Waals surface area contributed by atoms with E-state index in [4.69, 9.17) is 25.8 Å². The zero-order valence-corrected chi connectivity index (χ0v) is 26.4. The van der Waals surface area contributed by atoms with Gasteiger partial charge in [0.05, 0.1) is 10.7 Å². The molecule has 2 heterocycles. The summed E-state index contributed by atoms with van der Waals surface area (Å²) in [4.78, 5) is 4.51. The topological polar surface area (TPSA) is 46.2 Å². The molecule has 1 saturated heterocycles. The van der Waals surface area contributed by atoms with Crippen LogP contribution >= 0.6 is 11.6 Å². The van der Waals surface area contributed by atoms with Crippen molar-refractivity contribution in [3.63, 3.8) is 0 Å². The van der Waals surface area contributed by atoms with E-state index >= 15 is 0 Å². The first-order valence-corrected chi connectivity index (χ1v) is 15.3. The number of benzene rings is 3. The predicted molar refractivity (Wildman–Crippen MR) is 173 cm³/mol.